The SMILES string of the molecule is N#C/C(C(=O)NC1CCCCC1)=C1/N=C(NC(=O)c2ccc(F)cc2)c2ccccc21. The molecule has 1 aliphatic heterocycles. The third kappa shape index (κ3) is 4.38. The fraction of sp³-hybridized carbons (Fsp3) is 0.250. The first kappa shape index (κ1) is 20.5. The molecule has 2 aromatic rings. The lowest BCUT2D eigenvalue weighted by Gasteiger charge is -2.22. The second kappa shape index (κ2) is 8.92. The molecule has 1 fully saturated rings. The highest BCUT2D eigenvalue weighted by Crippen LogP contribution is 2.31. The van der Waals surface area contributed by atoms with Gasteiger partial charge in [0, 0.05) is 22.7 Å². The number of nitriles is 1. The van der Waals surface area contributed by atoms with Crippen LogP contribution in [0.4, 0.5) is 4.39 Å². The topological polar surface area (TPSA) is 94.3 Å². The van der Waals surface area contributed by atoms with Crippen molar-refractivity contribution in [1.29, 1.82) is 5.26 Å². The molecular weight excluding hydrogens is 395 g/mol. The smallest absolute Gasteiger partial charge is 0.264 e. The Morgan fingerprint density at radius 1 is 1.00 bits per heavy atom. The zero-order chi connectivity index (χ0) is 21.8. The Hall–Kier alpha value is -3.79. The van der Waals surface area contributed by atoms with Crippen LogP contribution < -0.4 is 10.6 Å². The van der Waals surface area contributed by atoms with E-state index in [9.17, 15) is 19.2 Å². The van der Waals surface area contributed by atoms with Crippen LogP contribution in [-0.4, -0.2) is 23.7 Å². The molecule has 7 heteroatoms. The Bertz CT molecular complexity index is 1120. The maximum absolute atomic E-state index is 13.1. The molecule has 0 saturated heterocycles. The van der Waals surface area contributed by atoms with Crippen LogP contribution in [0.15, 0.2) is 59.1 Å². The molecule has 6 nitrogen and oxygen atoms in total. The van der Waals surface area contributed by atoms with E-state index >= 15 is 0 Å². The maximum atomic E-state index is 13.1. The van der Waals surface area contributed by atoms with Crippen molar-refractivity contribution in [1.82, 2.24) is 10.6 Å². The number of amides is 2. The number of fused-ring (bicyclic) bond motifs is 1. The quantitative estimate of drug-likeness (QED) is 0.590. The number of nitrogens with zero attached hydrogens (tertiary/aromatic N) is 2. The van der Waals surface area contributed by atoms with Crippen molar-refractivity contribution in [3.05, 3.63) is 76.6 Å². The number of hydrogen-bond acceptors (Lipinski definition) is 4. The van der Waals surface area contributed by atoms with Crippen LogP contribution in [0.25, 0.3) is 5.70 Å². The van der Waals surface area contributed by atoms with Gasteiger partial charge in [0.1, 0.15) is 23.3 Å². The van der Waals surface area contributed by atoms with E-state index in [-0.39, 0.29) is 28.7 Å². The molecule has 0 radical (unpaired) electrons. The molecule has 1 heterocycles. The third-order valence-electron chi connectivity index (χ3n) is 5.52. The van der Waals surface area contributed by atoms with Crippen molar-refractivity contribution in [2.24, 2.45) is 4.99 Å². The van der Waals surface area contributed by atoms with Crippen LogP contribution in [0.5, 0.6) is 0 Å². The van der Waals surface area contributed by atoms with Crippen molar-refractivity contribution in [2.75, 3.05) is 0 Å². The lowest BCUT2D eigenvalue weighted by molar-refractivity contribution is -0.117. The number of halogens is 1. The molecule has 0 spiro atoms. The van der Waals surface area contributed by atoms with E-state index in [4.69, 9.17) is 0 Å². The molecule has 0 bridgehead atoms. The standard InChI is InChI=1S/C24H21FN4O2/c25-16-12-10-15(11-13-16)23(30)29-22-19-9-5-4-8-18(19)21(28-22)20(14-26)24(31)27-17-6-2-1-3-7-17/h4-5,8-13,17H,1-3,6-7H2,(H,27,31)(H,28,29,30)/b21-20-. The van der Waals surface area contributed by atoms with Gasteiger partial charge >= 0.3 is 0 Å². The highest BCUT2D eigenvalue weighted by molar-refractivity contribution is 6.20. The van der Waals surface area contributed by atoms with E-state index in [0.717, 1.165) is 32.1 Å². The molecule has 2 amide bonds. The van der Waals surface area contributed by atoms with Gasteiger partial charge in [0.25, 0.3) is 11.8 Å². The fourth-order valence-corrected chi connectivity index (χ4v) is 3.91. The highest BCUT2D eigenvalue weighted by atomic mass is 19.1. The number of hydrogen-bond donors (Lipinski definition) is 2. The minimum absolute atomic E-state index is 0.0588. The summed E-state index contributed by atoms with van der Waals surface area (Å²) in [5.41, 5.74) is 1.65. The van der Waals surface area contributed by atoms with Crippen molar-refractivity contribution >= 4 is 23.3 Å². The van der Waals surface area contributed by atoms with Crippen molar-refractivity contribution in [3.63, 3.8) is 0 Å². The van der Waals surface area contributed by atoms with Crippen molar-refractivity contribution in [2.45, 2.75) is 38.1 Å². The molecule has 156 valence electrons. The first-order valence-corrected chi connectivity index (χ1v) is 10.3. The van der Waals surface area contributed by atoms with Gasteiger partial charge in [0.15, 0.2) is 0 Å². The lowest BCUT2D eigenvalue weighted by atomic mass is 9.95. The molecule has 0 aromatic heterocycles. The van der Waals surface area contributed by atoms with E-state index in [0.29, 0.717) is 11.1 Å². The van der Waals surface area contributed by atoms with Gasteiger partial charge < -0.3 is 10.6 Å². The van der Waals surface area contributed by atoms with E-state index in [2.05, 4.69) is 15.6 Å². The minimum Gasteiger partial charge on any atom is -0.349 e. The van der Waals surface area contributed by atoms with Crippen LogP contribution >= 0.6 is 0 Å². The van der Waals surface area contributed by atoms with E-state index in [1.807, 2.05) is 6.07 Å². The molecule has 2 aliphatic rings. The molecule has 4 rings (SSSR count). The van der Waals surface area contributed by atoms with E-state index in [1.165, 1.54) is 24.3 Å². The minimum atomic E-state index is -0.458. The number of aliphatic imine (C=N–C) groups is 1. The van der Waals surface area contributed by atoms with E-state index < -0.39 is 17.6 Å². The van der Waals surface area contributed by atoms with Gasteiger partial charge in [0.05, 0.1) is 5.70 Å². The molecular formula is C24H21FN4O2. The van der Waals surface area contributed by atoms with Crippen LogP contribution in [0.3, 0.4) is 0 Å². The van der Waals surface area contributed by atoms with Crippen LogP contribution in [-0.2, 0) is 4.79 Å². The van der Waals surface area contributed by atoms with Gasteiger partial charge in [-0.05, 0) is 37.1 Å². The number of carbonyl (C=O) groups excluding carboxylic acids is 2. The summed E-state index contributed by atoms with van der Waals surface area (Å²) in [4.78, 5) is 29.9. The molecule has 2 aromatic carbocycles. The zero-order valence-corrected chi connectivity index (χ0v) is 16.8. The number of benzene rings is 2. The van der Waals surface area contributed by atoms with E-state index in [1.54, 1.807) is 24.3 Å². The molecule has 1 aliphatic carbocycles. The average Bonchev–Trinajstić information content (AvgIpc) is 3.13. The van der Waals surface area contributed by atoms with Gasteiger partial charge in [-0.25, -0.2) is 9.38 Å². The predicted octanol–water partition coefficient (Wildman–Crippen LogP) is 3.70. The van der Waals surface area contributed by atoms with Gasteiger partial charge in [-0.3, -0.25) is 9.59 Å². The number of amidine groups is 1. The maximum Gasteiger partial charge on any atom is 0.264 e. The Morgan fingerprint density at radius 3 is 2.35 bits per heavy atom. The fourth-order valence-electron chi connectivity index (χ4n) is 3.91. The van der Waals surface area contributed by atoms with Crippen LogP contribution in [0.2, 0.25) is 0 Å². The normalized spacial score (nSPS) is 17.2. The Balaban J connectivity index is 1.64. The molecule has 31 heavy (non-hydrogen) atoms. The largest absolute Gasteiger partial charge is 0.349 e. The third-order valence-corrected chi connectivity index (χ3v) is 5.52. The van der Waals surface area contributed by atoms with Crippen molar-refractivity contribution in [3.8, 4) is 6.07 Å². The highest BCUT2D eigenvalue weighted by Gasteiger charge is 2.28. The van der Waals surface area contributed by atoms with Crippen LogP contribution in [0.1, 0.15) is 53.6 Å². The van der Waals surface area contributed by atoms with Gasteiger partial charge in [-0.2, -0.15) is 5.26 Å². The monoisotopic (exact) mass is 416 g/mol. The predicted molar refractivity (Wildman–Crippen MR) is 114 cm³/mol. The Morgan fingerprint density at radius 2 is 1.68 bits per heavy atom. The number of carbonyl (C=O) groups is 2. The second-order valence-electron chi connectivity index (χ2n) is 7.61. The number of nitrogens with one attached hydrogen (secondary N) is 2. The molecule has 0 unspecified atom stereocenters. The Kier molecular flexibility index (Phi) is 5.89. The summed E-state index contributed by atoms with van der Waals surface area (Å²) in [6.45, 7) is 0. The molecule has 2 N–H and O–H groups in total. The summed E-state index contributed by atoms with van der Waals surface area (Å²) in [5, 5.41) is 15.4. The summed E-state index contributed by atoms with van der Waals surface area (Å²) in [5.74, 6) is -1.10. The summed E-state index contributed by atoms with van der Waals surface area (Å²) in [6, 6.07) is 14.3. The van der Waals surface area contributed by atoms with Crippen molar-refractivity contribution < 1.29 is 14.0 Å². The summed E-state index contributed by atoms with van der Waals surface area (Å²) >= 11 is 0. The van der Waals surface area contributed by atoms with Crippen LogP contribution in [0, 0.1) is 17.1 Å². The summed E-state index contributed by atoms with van der Waals surface area (Å²) < 4.78 is 13.1. The average molecular weight is 416 g/mol. The zero-order valence-electron chi connectivity index (χ0n) is 16.8. The Labute approximate surface area is 179 Å². The lowest BCUT2D eigenvalue weighted by Crippen LogP contribution is -2.37. The summed E-state index contributed by atoms with van der Waals surface area (Å²) in [7, 11) is 0. The first-order chi connectivity index (χ1) is 15.1. The van der Waals surface area contributed by atoms with Gasteiger partial charge in [-0.15, -0.1) is 0 Å². The second-order valence-corrected chi connectivity index (χ2v) is 7.61. The number of rotatable bonds is 3. The molecule has 0 atom stereocenters. The van der Waals surface area contributed by atoms with Gasteiger partial charge in [-0.1, -0.05) is 43.5 Å². The first-order valence-electron chi connectivity index (χ1n) is 10.3. The summed E-state index contributed by atoms with van der Waals surface area (Å²) in [6.07, 6.45) is 5.08. The molecule has 1 saturated carbocycles. The van der Waals surface area contributed by atoms with Gasteiger partial charge in [0.2, 0.25) is 0 Å².